The van der Waals surface area contributed by atoms with E-state index >= 15 is 0 Å². The predicted molar refractivity (Wildman–Crippen MR) is 140 cm³/mol. The molecule has 9 heteroatoms. The van der Waals surface area contributed by atoms with Gasteiger partial charge < -0.3 is 23.7 Å². The Morgan fingerprint density at radius 3 is 2.19 bits per heavy atom. The Kier molecular flexibility index (Phi) is 8.25. The number of hydrogen-bond donors (Lipinski definition) is 0. The molecule has 0 bridgehead atoms. The average Bonchev–Trinajstić information content (AvgIpc) is 3.57. The molecule has 194 valence electrons. The molecule has 0 N–H and O–H groups in total. The molecule has 2 heterocycles. The van der Waals surface area contributed by atoms with Gasteiger partial charge in [0.05, 0.1) is 38.3 Å². The third-order valence-corrected chi connectivity index (χ3v) is 6.42. The van der Waals surface area contributed by atoms with Gasteiger partial charge in [0.2, 0.25) is 0 Å². The van der Waals surface area contributed by atoms with Gasteiger partial charge >= 0.3 is 0 Å². The van der Waals surface area contributed by atoms with E-state index in [9.17, 15) is 9.59 Å². The number of amides is 2. The van der Waals surface area contributed by atoms with Crippen LogP contribution in [-0.2, 0) is 16.6 Å². The summed E-state index contributed by atoms with van der Waals surface area (Å²) in [5.74, 6) is 0.847. The molecule has 1 aliphatic heterocycles. The molecule has 1 aromatic heterocycles. The van der Waals surface area contributed by atoms with Crippen LogP contribution in [0.4, 0.5) is 0 Å². The molecule has 1 aliphatic rings. The average molecular weight is 505 g/mol. The Morgan fingerprint density at radius 2 is 1.62 bits per heavy atom. The van der Waals surface area contributed by atoms with E-state index in [-0.39, 0.29) is 30.9 Å². The summed E-state index contributed by atoms with van der Waals surface area (Å²) in [6.45, 7) is 0.433. The van der Waals surface area contributed by atoms with Gasteiger partial charge in [-0.3, -0.25) is 9.59 Å². The summed E-state index contributed by atoms with van der Waals surface area (Å²) in [7, 11) is 6.70. The number of methoxy groups -OCH3 is 3. The van der Waals surface area contributed by atoms with Crippen molar-refractivity contribution in [2.75, 3.05) is 41.0 Å². The van der Waals surface area contributed by atoms with E-state index in [0.29, 0.717) is 24.3 Å². The van der Waals surface area contributed by atoms with Crippen molar-refractivity contribution in [2.45, 2.75) is 12.5 Å². The molecule has 0 saturated heterocycles. The number of aromatic nitrogens is 1. The molecule has 4 rings (SSSR count). The molecular weight excluding hydrogens is 472 g/mol. The summed E-state index contributed by atoms with van der Waals surface area (Å²) in [5.41, 5.74) is 3.16. The van der Waals surface area contributed by atoms with Crippen molar-refractivity contribution in [1.82, 2.24) is 14.5 Å². The van der Waals surface area contributed by atoms with Crippen LogP contribution in [0.1, 0.15) is 34.1 Å². The second-order valence-corrected chi connectivity index (χ2v) is 8.73. The highest BCUT2D eigenvalue weighted by atomic mass is 16.5. The molecule has 2 amide bonds. The summed E-state index contributed by atoms with van der Waals surface area (Å²) in [5, 5.41) is 6.25. The van der Waals surface area contributed by atoms with E-state index in [1.54, 1.807) is 45.6 Å². The first kappa shape index (κ1) is 26.0. The van der Waals surface area contributed by atoms with Gasteiger partial charge in [0.15, 0.2) is 0 Å². The molecule has 2 aromatic carbocycles. The molecule has 0 unspecified atom stereocenters. The Bertz CT molecular complexity index is 1250. The van der Waals surface area contributed by atoms with Gasteiger partial charge in [-0.15, -0.1) is 0 Å². The number of hydrazone groups is 1. The minimum Gasteiger partial charge on any atom is -0.497 e. The zero-order valence-corrected chi connectivity index (χ0v) is 21.6. The molecule has 0 spiro atoms. The van der Waals surface area contributed by atoms with Gasteiger partial charge in [0.1, 0.15) is 18.0 Å². The second kappa shape index (κ2) is 11.7. The lowest BCUT2D eigenvalue weighted by molar-refractivity contribution is -0.133. The van der Waals surface area contributed by atoms with Crippen LogP contribution in [0.5, 0.6) is 11.5 Å². The predicted octanol–water partition coefficient (Wildman–Crippen LogP) is 3.51. The number of nitrogens with zero attached hydrogens (tertiary/aromatic N) is 4. The first-order valence-corrected chi connectivity index (χ1v) is 12.0. The smallest absolute Gasteiger partial charge is 0.262 e. The number of carbonyl (C=O) groups is 2. The molecule has 0 saturated carbocycles. The fourth-order valence-corrected chi connectivity index (χ4v) is 4.35. The van der Waals surface area contributed by atoms with Crippen LogP contribution in [0.2, 0.25) is 0 Å². The molecule has 37 heavy (non-hydrogen) atoms. The van der Waals surface area contributed by atoms with E-state index in [4.69, 9.17) is 19.3 Å². The molecule has 0 radical (unpaired) electrons. The maximum atomic E-state index is 13.7. The van der Waals surface area contributed by atoms with Crippen LogP contribution < -0.4 is 9.47 Å². The number of hydrogen-bond acceptors (Lipinski definition) is 6. The van der Waals surface area contributed by atoms with Crippen LogP contribution in [0.15, 0.2) is 72.0 Å². The van der Waals surface area contributed by atoms with Crippen LogP contribution in [-0.4, -0.2) is 73.0 Å². The SMILES string of the molecule is COCCN(CC(=O)N1N=C(c2cccn2C)C[C@H]1c1ccc(OC)cc1)C(=O)c1ccc(OC)cc1. The summed E-state index contributed by atoms with van der Waals surface area (Å²) in [6.07, 6.45) is 2.51. The van der Waals surface area contributed by atoms with Gasteiger partial charge in [-0.2, -0.15) is 5.10 Å². The van der Waals surface area contributed by atoms with Crippen molar-refractivity contribution in [3.8, 4) is 11.5 Å². The minimum atomic E-state index is -0.302. The lowest BCUT2D eigenvalue weighted by atomic mass is 10.0. The fraction of sp³-hybridized carbons (Fsp3) is 0.321. The number of aryl methyl sites for hydroxylation is 1. The number of benzene rings is 2. The van der Waals surface area contributed by atoms with Crippen molar-refractivity contribution in [3.05, 3.63) is 83.7 Å². The van der Waals surface area contributed by atoms with Crippen molar-refractivity contribution in [3.63, 3.8) is 0 Å². The summed E-state index contributed by atoms with van der Waals surface area (Å²) in [6, 6.07) is 18.1. The Morgan fingerprint density at radius 1 is 0.973 bits per heavy atom. The van der Waals surface area contributed by atoms with E-state index < -0.39 is 0 Å². The third-order valence-electron chi connectivity index (χ3n) is 6.42. The van der Waals surface area contributed by atoms with E-state index in [1.807, 2.05) is 54.2 Å². The molecular formula is C28H32N4O5. The second-order valence-electron chi connectivity index (χ2n) is 8.73. The highest BCUT2D eigenvalue weighted by Gasteiger charge is 2.35. The Balaban J connectivity index is 1.61. The number of ether oxygens (including phenoxy) is 3. The monoisotopic (exact) mass is 504 g/mol. The van der Waals surface area contributed by atoms with Crippen LogP contribution in [0.3, 0.4) is 0 Å². The van der Waals surface area contributed by atoms with Crippen molar-refractivity contribution in [2.24, 2.45) is 12.1 Å². The Hall–Kier alpha value is -4.11. The molecule has 3 aromatic rings. The molecule has 9 nitrogen and oxygen atoms in total. The van der Waals surface area contributed by atoms with E-state index in [1.165, 1.54) is 9.91 Å². The molecule has 1 atom stereocenters. The lowest BCUT2D eigenvalue weighted by Gasteiger charge is -2.27. The fourth-order valence-electron chi connectivity index (χ4n) is 4.35. The summed E-state index contributed by atoms with van der Waals surface area (Å²) < 4.78 is 17.7. The van der Waals surface area contributed by atoms with Crippen molar-refractivity contribution >= 4 is 17.5 Å². The lowest BCUT2D eigenvalue weighted by Crippen LogP contribution is -2.42. The first-order chi connectivity index (χ1) is 17.9. The first-order valence-electron chi connectivity index (χ1n) is 12.0. The van der Waals surface area contributed by atoms with Crippen LogP contribution in [0.25, 0.3) is 0 Å². The standard InChI is InChI=1S/C28H32N4O5/c1-30-15-5-6-25(30)24-18-26(20-7-11-22(36-3)12-8-20)32(29-24)27(33)19-31(16-17-35-2)28(34)21-9-13-23(37-4)14-10-21/h5-15,26H,16-19H2,1-4H3/t26-/m0/s1. The van der Waals surface area contributed by atoms with Gasteiger partial charge in [0.25, 0.3) is 11.8 Å². The summed E-state index contributed by atoms with van der Waals surface area (Å²) in [4.78, 5) is 28.5. The number of rotatable bonds is 10. The van der Waals surface area contributed by atoms with Crippen LogP contribution in [0, 0.1) is 0 Å². The van der Waals surface area contributed by atoms with Gasteiger partial charge in [-0.25, -0.2) is 5.01 Å². The topological polar surface area (TPSA) is 85.6 Å². The molecule has 0 fully saturated rings. The quantitative estimate of drug-likeness (QED) is 0.422. The Labute approximate surface area is 216 Å². The zero-order valence-electron chi connectivity index (χ0n) is 21.6. The normalized spacial score (nSPS) is 14.9. The largest absolute Gasteiger partial charge is 0.497 e. The minimum absolute atomic E-state index is 0.134. The maximum Gasteiger partial charge on any atom is 0.262 e. The van der Waals surface area contributed by atoms with E-state index in [0.717, 1.165) is 22.7 Å². The third kappa shape index (κ3) is 5.83. The highest BCUT2D eigenvalue weighted by Crippen LogP contribution is 2.34. The van der Waals surface area contributed by atoms with Gasteiger partial charge in [-0.05, 0) is 54.1 Å². The summed E-state index contributed by atoms with van der Waals surface area (Å²) >= 11 is 0. The van der Waals surface area contributed by atoms with Crippen LogP contribution >= 0.6 is 0 Å². The zero-order chi connectivity index (χ0) is 26.4. The van der Waals surface area contributed by atoms with E-state index in [2.05, 4.69) is 0 Å². The highest BCUT2D eigenvalue weighted by molar-refractivity contribution is 6.02. The van der Waals surface area contributed by atoms with Gasteiger partial charge in [-0.1, -0.05) is 12.1 Å². The van der Waals surface area contributed by atoms with Crippen molar-refractivity contribution in [1.29, 1.82) is 0 Å². The van der Waals surface area contributed by atoms with Crippen molar-refractivity contribution < 1.29 is 23.8 Å². The molecule has 0 aliphatic carbocycles. The van der Waals surface area contributed by atoms with Gasteiger partial charge in [0, 0.05) is 38.9 Å². The maximum absolute atomic E-state index is 13.7. The number of carbonyl (C=O) groups excluding carboxylic acids is 2.